The van der Waals surface area contributed by atoms with E-state index in [1.54, 1.807) is 6.20 Å². The number of nitrogens with one attached hydrogen (secondary N) is 3. The normalized spacial score (nSPS) is 9.86. The van der Waals surface area contributed by atoms with Crippen molar-refractivity contribution in [3.63, 3.8) is 0 Å². The minimum Gasteiger partial charge on any atom is -0.338 e. The molecule has 1 aromatic rings. The first-order chi connectivity index (χ1) is 6.77. The quantitative estimate of drug-likeness (QED) is 0.562. The molecule has 78 valence electrons. The summed E-state index contributed by atoms with van der Waals surface area (Å²) >= 11 is 0. The molecule has 1 aromatic heterocycles. The summed E-state index contributed by atoms with van der Waals surface area (Å²) in [6.07, 6.45) is 2.50. The number of carbonyl (C=O) groups excluding carboxylic acids is 1. The second kappa shape index (κ2) is 5.23. The lowest BCUT2D eigenvalue weighted by Crippen LogP contribution is -2.29. The number of aromatic nitrogens is 2. The highest BCUT2D eigenvalue weighted by Gasteiger charge is 2.06. The Bertz CT molecular complexity index is 296. The van der Waals surface area contributed by atoms with E-state index in [2.05, 4.69) is 20.8 Å². The van der Waals surface area contributed by atoms with Crippen LogP contribution in [-0.4, -0.2) is 22.8 Å². The van der Waals surface area contributed by atoms with E-state index in [1.165, 1.54) is 0 Å². The van der Waals surface area contributed by atoms with Crippen LogP contribution in [-0.2, 0) is 6.54 Å². The number of anilines is 1. The molecule has 0 aliphatic rings. The van der Waals surface area contributed by atoms with Crippen LogP contribution in [0.5, 0.6) is 0 Å². The molecule has 1 heterocycles. The summed E-state index contributed by atoms with van der Waals surface area (Å²) in [4.78, 5) is 11.2. The zero-order chi connectivity index (χ0) is 10.4. The highest BCUT2D eigenvalue weighted by atomic mass is 16.2. The Labute approximate surface area is 82.3 Å². The summed E-state index contributed by atoms with van der Waals surface area (Å²) in [5.41, 5.74) is 6.23. The Morgan fingerprint density at radius 2 is 2.50 bits per heavy atom. The first-order valence-corrected chi connectivity index (χ1v) is 4.55. The van der Waals surface area contributed by atoms with E-state index in [0.717, 1.165) is 12.0 Å². The maximum absolute atomic E-state index is 11.2. The molecular formula is C8H15N5O. The SMILES string of the molecule is CCCNC(=O)Nc1[nH]ncc1CN. The fourth-order valence-corrected chi connectivity index (χ4v) is 0.970. The molecule has 0 spiro atoms. The average molecular weight is 197 g/mol. The topological polar surface area (TPSA) is 95.8 Å². The third-order valence-corrected chi connectivity index (χ3v) is 1.71. The maximum Gasteiger partial charge on any atom is 0.320 e. The van der Waals surface area contributed by atoms with Gasteiger partial charge in [0.25, 0.3) is 0 Å². The lowest BCUT2D eigenvalue weighted by Gasteiger charge is -2.05. The summed E-state index contributed by atoms with van der Waals surface area (Å²) in [6, 6.07) is -0.245. The number of nitrogens with two attached hydrogens (primary N) is 1. The first-order valence-electron chi connectivity index (χ1n) is 4.55. The molecule has 14 heavy (non-hydrogen) atoms. The third kappa shape index (κ3) is 2.74. The Morgan fingerprint density at radius 3 is 3.14 bits per heavy atom. The largest absolute Gasteiger partial charge is 0.338 e. The minimum atomic E-state index is -0.245. The molecule has 0 saturated carbocycles. The van der Waals surface area contributed by atoms with Gasteiger partial charge < -0.3 is 11.1 Å². The number of nitrogens with zero attached hydrogens (tertiary/aromatic N) is 1. The summed E-state index contributed by atoms with van der Waals surface area (Å²) in [5, 5.41) is 11.8. The molecule has 0 aliphatic carbocycles. The van der Waals surface area contributed by atoms with Crippen LogP contribution in [0, 0.1) is 0 Å². The van der Waals surface area contributed by atoms with Gasteiger partial charge in [-0.15, -0.1) is 0 Å². The van der Waals surface area contributed by atoms with Crippen LogP contribution >= 0.6 is 0 Å². The predicted octanol–water partition coefficient (Wildman–Crippen LogP) is 0.400. The average Bonchev–Trinajstić information content (AvgIpc) is 2.62. The van der Waals surface area contributed by atoms with Gasteiger partial charge in [0.1, 0.15) is 5.82 Å². The van der Waals surface area contributed by atoms with Gasteiger partial charge in [0.15, 0.2) is 0 Å². The molecule has 0 aliphatic heterocycles. The molecule has 0 aromatic carbocycles. The molecule has 1 rings (SSSR count). The standard InChI is InChI=1S/C8H15N5O/c1-2-3-10-8(14)12-7-6(4-9)5-11-13-7/h5H,2-4,9H2,1H3,(H3,10,11,12,13,14). The van der Waals surface area contributed by atoms with Gasteiger partial charge in [0, 0.05) is 18.7 Å². The number of urea groups is 1. The summed E-state index contributed by atoms with van der Waals surface area (Å²) < 4.78 is 0. The smallest absolute Gasteiger partial charge is 0.320 e. The van der Waals surface area contributed by atoms with Crippen LogP contribution in [0.2, 0.25) is 0 Å². The summed E-state index contributed by atoms with van der Waals surface area (Å²) in [5.74, 6) is 0.557. The van der Waals surface area contributed by atoms with Crippen molar-refractivity contribution in [2.24, 2.45) is 5.73 Å². The molecule has 6 nitrogen and oxygen atoms in total. The Balaban J connectivity index is 2.47. The van der Waals surface area contributed by atoms with Crippen molar-refractivity contribution in [2.45, 2.75) is 19.9 Å². The Morgan fingerprint density at radius 1 is 1.71 bits per heavy atom. The molecule has 0 unspecified atom stereocenters. The number of H-pyrrole nitrogens is 1. The van der Waals surface area contributed by atoms with E-state index in [0.29, 0.717) is 18.9 Å². The van der Waals surface area contributed by atoms with Crippen LogP contribution < -0.4 is 16.4 Å². The van der Waals surface area contributed by atoms with Crippen molar-refractivity contribution in [1.82, 2.24) is 15.5 Å². The third-order valence-electron chi connectivity index (χ3n) is 1.71. The van der Waals surface area contributed by atoms with Crippen molar-refractivity contribution in [3.05, 3.63) is 11.8 Å². The van der Waals surface area contributed by atoms with Crippen LogP contribution in [0.25, 0.3) is 0 Å². The number of rotatable bonds is 4. The van der Waals surface area contributed by atoms with Crippen LogP contribution in [0.15, 0.2) is 6.20 Å². The van der Waals surface area contributed by atoms with Gasteiger partial charge in [0.05, 0.1) is 6.20 Å². The fraction of sp³-hybridized carbons (Fsp3) is 0.500. The van der Waals surface area contributed by atoms with E-state index >= 15 is 0 Å². The molecule has 5 N–H and O–H groups in total. The predicted molar refractivity (Wildman–Crippen MR) is 53.8 cm³/mol. The Kier molecular flexibility index (Phi) is 3.93. The van der Waals surface area contributed by atoms with E-state index in [-0.39, 0.29) is 6.03 Å². The van der Waals surface area contributed by atoms with Crippen LogP contribution in [0.3, 0.4) is 0 Å². The molecule has 2 amide bonds. The van der Waals surface area contributed by atoms with Crippen LogP contribution in [0.1, 0.15) is 18.9 Å². The highest BCUT2D eigenvalue weighted by Crippen LogP contribution is 2.08. The van der Waals surface area contributed by atoms with Crippen LogP contribution in [0.4, 0.5) is 10.6 Å². The molecule has 0 bridgehead atoms. The van der Waals surface area contributed by atoms with Gasteiger partial charge in [-0.25, -0.2) is 4.79 Å². The zero-order valence-electron chi connectivity index (χ0n) is 8.13. The molecular weight excluding hydrogens is 182 g/mol. The summed E-state index contributed by atoms with van der Waals surface area (Å²) in [6.45, 7) is 2.99. The molecule has 0 atom stereocenters. The van der Waals surface area contributed by atoms with Gasteiger partial charge >= 0.3 is 6.03 Å². The number of aromatic amines is 1. The molecule has 6 heteroatoms. The second-order valence-electron chi connectivity index (χ2n) is 2.86. The monoisotopic (exact) mass is 197 g/mol. The highest BCUT2D eigenvalue weighted by molar-refractivity contribution is 5.88. The van der Waals surface area contributed by atoms with Gasteiger partial charge in [-0.05, 0) is 6.42 Å². The lowest BCUT2D eigenvalue weighted by molar-refractivity contribution is 0.252. The summed E-state index contributed by atoms with van der Waals surface area (Å²) in [7, 11) is 0. The first kappa shape index (κ1) is 10.5. The molecule has 0 radical (unpaired) electrons. The van der Waals surface area contributed by atoms with E-state index in [9.17, 15) is 4.79 Å². The zero-order valence-corrected chi connectivity index (χ0v) is 8.13. The van der Waals surface area contributed by atoms with E-state index in [1.807, 2.05) is 6.92 Å². The van der Waals surface area contributed by atoms with Gasteiger partial charge in [-0.3, -0.25) is 10.4 Å². The van der Waals surface area contributed by atoms with Crippen molar-refractivity contribution in [3.8, 4) is 0 Å². The fourth-order valence-electron chi connectivity index (χ4n) is 0.970. The van der Waals surface area contributed by atoms with Crippen molar-refractivity contribution >= 4 is 11.8 Å². The van der Waals surface area contributed by atoms with Gasteiger partial charge in [-0.1, -0.05) is 6.92 Å². The number of hydrogen-bond acceptors (Lipinski definition) is 3. The molecule has 0 fully saturated rings. The lowest BCUT2D eigenvalue weighted by atomic mass is 10.3. The van der Waals surface area contributed by atoms with E-state index in [4.69, 9.17) is 5.73 Å². The van der Waals surface area contributed by atoms with Crippen molar-refractivity contribution < 1.29 is 4.79 Å². The number of amides is 2. The maximum atomic E-state index is 11.2. The minimum absolute atomic E-state index is 0.245. The van der Waals surface area contributed by atoms with Gasteiger partial charge in [-0.2, -0.15) is 5.10 Å². The van der Waals surface area contributed by atoms with Crippen molar-refractivity contribution in [2.75, 3.05) is 11.9 Å². The second-order valence-corrected chi connectivity index (χ2v) is 2.86. The number of hydrogen-bond donors (Lipinski definition) is 4. The Hall–Kier alpha value is -1.56. The van der Waals surface area contributed by atoms with Gasteiger partial charge in [0.2, 0.25) is 0 Å². The molecule has 0 saturated heterocycles. The van der Waals surface area contributed by atoms with Crippen molar-refractivity contribution in [1.29, 1.82) is 0 Å². The van der Waals surface area contributed by atoms with E-state index < -0.39 is 0 Å². The number of carbonyl (C=O) groups is 1.